The van der Waals surface area contributed by atoms with Crippen LogP contribution < -0.4 is 0 Å². The highest BCUT2D eigenvalue weighted by Crippen LogP contribution is 2.18. The molecular formula is C13H18O4. The van der Waals surface area contributed by atoms with Crippen molar-refractivity contribution in [2.75, 3.05) is 7.11 Å². The van der Waals surface area contributed by atoms with E-state index in [0.29, 0.717) is 18.4 Å². The summed E-state index contributed by atoms with van der Waals surface area (Å²) in [6.07, 6.45) is 6.29. The van der Waals surface area contributed by atoms with E-state index in [9.17, 15) is 14.4 Å². The Balaban J connectivity index is 2.05. The Morgan fingerprint density at radius 2 is 1.94 bits per heavy atom. The first-order valence-corrected chi connectivity index (χ1v) is 5.97. The van der Waals surface area contributed by atoms with Gasteiger partial charge in [0.1, 0.15) is 0 Å². The first kappa shape index (κ1) is 13.6. The minimum Gasteiger partial charge on any atom is -0.469 e. The van der Waals surface area contributed by atoms with Crippen LogP contribution in [0.5, 0.6) is 0 Å². The Hall–Kier alpha value is -1.45. The third kappa shape index (κ3) is 4.93. The van der Waals surface area contributed by atoms with Gasteiger partial charge in [-0.3, -0.25) is 14.4 Å². The third-order valence-electron chi connectivity index (χ3n) is 2.83. The van der Waals surface area contributed by atoms with Gasteiger partial charge in [0.2, 0.25) is 0 Å². The number of Topliss-reactive ketones (excluding diaryl/α,β-unsaturated/α-hetero) is 1. The molecule has 0 aromatic rings. The van der Waals surface area contributed by atoms with Gasteiger partial charge >= 0.3 is 5.97 Å². The molecule has 0 heterocycles. The van der Waals surface area contributed by atoms with Crippen molar-refractivity contribution in [2.24, 2.45) is 0 Å². The quantitative estimate of drug-likeness (QED) is 0.386. The summed E-state index contributed by atoms with van der Waals surface area (Å²) in [6.45, 7) is 0. The third-order valence-corrected chi connectivity index (χ3v) is 2.83. The number of ketones is 2. The maximum absolute atomic E-state index is 11.3. The fourth-order valence-corrected chi connectivity index (χ4v) is 1.85. The van der Waals surface area contributed by atoms with Crippen LogP contribution in [0, 0.1) is 0 Å². The molecule has 1 rings (SSSR count). The van der Waals surface area contributed by atoms with E-state index in [1.807, 2.05) is 0 Å². The number of ether oxygens (including phenoxy) is 1. The number of carbonyl (C=O) groups is 3. The van der Waals surface area contributed by atoms with Gasteiger partial charge in [-0.25, -0.2) is 0 Å². The van der Waals surface area contributed by atoms with Crippen molar-refractivity contribution in [3.05, 3.63) is 11.6 Å². The molecule has 0 amide bonds. The van der Waals surface area contributed by atoms with Crippen molar-refractivity contribution in [3.63, 3.8) is 0 Å². The second kappa shape index (κ2) is 6.99. The predicted molar refractivity (Wildman–Crippen MR) is 62.4 cm³/mol. The highest BCUT2D eigenvalue weighted by molar-refractivity contribution is 6.19. The standard InChI is InChI=1S/C13H18O4/c1-17-13(16)7-5-3-2-4-6-10-8-11(14)9-12(10)15/h8H,2-7,9H2,1H3. The lowest BCUT2D eigenvalue weighted by atomic mass is 10.0. The SMILES string of the molecule is COC(=O)CCCCCCC1=CC(=O)CC1=O. The molecule has 0 N–H and O–H groups in total. The summed E-state index contributed by atoms with van der Waals surface area (Å²) in [6, 6.07) is 0. The first-order valence-electron chi connectivity index (χ1n) is 5.97. The number of hydrogen-bond donors (Lipinski definition) is 0. The maximum atomic E-state index is 11.3. The van der Waals surface area contributed by atoms with E-state index >= 15 is 0 Å². The fourth-order valence-electron chi connectivity index (χ4n) is 1.85. The highest BCUT2D eigenvalue weighted by Gasteiger charge is 2.20. The number of methoxy groups -OCH3 is 1. The molecule has 1 aliphatic rings. The Bertz CT molecular complexity index is 341. The molecule has 0 aromatic carbocycles. The molecule has 17 heavy (non-hydrogen) atoms. The van der Waals surface area contributed by atoms with Crippen LogP contribution in [-0.4, -0.2) is 24.6 Å². The van der Waals surface area contributed by atoms with Crippen molar-refractivity contribution in [3.8, 4) is 0 Å². The van der Waals surface area contributed by atoms with Crippen LogP contribution in [0.25, 0.3) is 0 Å². The summed E-state index contributed by atoms with van der Waals surface area (Å²) >= 11 is 0. The van der Waals surface area contributed by atoms with E-state index in [4.69, 9.17) is 0 Å². The molecular weight excluding hydrogens is 220 g/mol. The molecule has 0 fully saturated rings. The van der Waals surface area contributed by atoms with Crippen molar-refractivity contribution < 1.29 is 19.1 Å². The van der Waals surface area contributed by atoms with Crippen molar-refractivity contribution in [1.82, 2.24) is 0 Å². The van der Waals surface area contributed by atoms with Crippen molar-refractivity contribution in [1.29, 1.82) is 0 Å². The minimum atomic E-state index is -0.177. The van der Waals surface area contributed by atoms with Crippen LogP contribution in [0.3, 0.4) is 0 Å². The number of allylic oxidation sites excluding steroid dienone is 2. The molecule has 0 bridgehead atoms. The van der Waals surface area contributed by atoms with Crippen LogP contribution >= 0.6 is 0 Å². The average Bonchev–Trinajstić information content (AvgIpc) is 2.62. The molecule has 0 aromatic heterocycles. The van der Waals surface area contributed by atoms with Crippen LogP contribution in [-0.2, 0) is 19.1 Å². The summed E-state index contributed by atoms with van der Waals surface area (Å²) in [5.74, 6) is -0.274. The lowest BCUT2D eigenvalue weighted by Gasteiger charge is -2.01. The number of hydrogen-bond acceptors (Lipinski definition) is 4. The molecule has 0 atom stereocenters. The van der Waals surface area contributed by atoms with Gasteiger partial charge in [-0.1, -0.05) is 12.8 Å². The Kier molecular flexibility index (Phi) is 5.60. The first-order chi connectivity index (χ1) is 8.13. The number of esters is 1. The zero-order valence-electron chi connectivity index (χ0n) is 10.2. The normalized spacial score (nSPS) is 15.0. The van der Waals surface area contributed by atoms with Gasteiger partial charge in [0.25, 0.3) is 0 Å². The van der Waals surface area contributed by atoms with E-state index < -0.39 is 0 Å². The summed E-state index contributed by atoms with van der Waals surface area (Å²) in [4.78, 5) is 33.1. The second-order valence-electron chi connectivity index (χ2n) is 4.23. The van der Waals surface area contributed by atoms with Crippen LogP contribution in [0.15, 0.2) is 11.6 Å². The topological polar surface area (TPSA) is 60.4 Å². The van der Waals surface area contributed by atoms with E-state index in [2.05, 4.69) is 4.74 Å². The predicted octanol–water partition coefficient (Wildman–Crippen LogP) is 1.97. The largest absolute Gasteiger partial charge is 0.469 e. The summed E-state index contributed by atoms with van der Waals surface area (Å²) in [7, 11) is 1.39. The van der Waals surface area contributed by atoms with Gasteiger partial charge in [-0.2, -0.15) is 0 Å². The van der Waals surface area contributed by atoms with E-state index in [1.54, 1.807) is 0 Å². The van der Waals surface area contributed by atoms with Crippen LogP contribution in [0.4, 0.5) is 0 Å². The lowest BCUT2D eigenvalue weighted by Crippen LogP contribution is -1.99. The van der Waals surface area contributed by atoms with Gasteiger partial charge in [0.15, 0.2) is 11.6 Å². The van der Waals surface area contributed by atoms with Gasteiger partial charge < -0.3 is 4.74 Å². The maximum Gasteiger partial charge on any atom is 0.305 e. The summed E-state index contributed by atoms with van der Waals surface area (Å²) in [5, 5.41) is 0. The molecule has 0 radical (unpaired) electrons. The molecule has 4 heteroatoms. The average molecular weight is 238 g/mol. The Morgan fingerprint density at radius 1 is 1.24 bits per heavy atom. The smallest absolute Gasteiger partial charge is 0.305 e. The molecule has 0 spiro atoms. The monoisotopic (exact) mass is 238 g/mol. The van der Waals surface area contributed by atoms with Crippen LogP contribution in [0.2, 0.25) is 0 Å². The number of carbonyl (C=O) groups excluding carboxylic acids is 3. The molecule has 0 aliphatic heterocycles. The van der Waals surface area contributed by atoms with E-state index in [-0.39, 0.29) is 24.0 Å². The van der Waals surface area contributed by atoms with Gasteiger partial charge in [0.05, 0.1) is 13.5 Å². The van der Waals surface area contributed by atoms with Crippen molar-refractivity contribution in [2.45, 2.75) is 44.9 Å². The number of rotatable bonds is 7. The highest BCUT2D eigenvalue weighted by atomic mass is 16.5. The van der Waals surface area contributed by atoms with Gasteiger partial charge in [0, 0.05) is 6.42 Å². The molecule has 4 nitrogen and oxygen atoms in total. The van der Waals surface area contributed by atoms with Crippen molar-refractivity contribution >= 4 is 17.5 Å². The second-order valence-corrected chi connectivity index (χ2v) is 4.23. The Morgan fingerprint density at radius 3 is 2.53 bits per heavy atom. The molecule has 94 valence electrons. The lowest BCUT2D eigenvalue weighted by molar-refractivity contribution is -0.140. The summed E-state index contributed by atoms with van der Waals surface area (Å²) < 4.78 is 4.53. The molecule has 0 saturated carbocycles. The number of unbranched alkanes of at least 4 members (excludes halogenated alkanes) is 3. The fraction of sp³-hybridized carbons (Fsp3) is 0.615. The zero-order valence-corrected chi connectivity index (χ0v) is 10.2. The van der Waals surface area contributed by atoms with E-state index in [1.165, 1.54) is 13.2 Å². The van der Waals surface area contributed by atoms with Gasteiger partial charge in [-0.15, -0.1) is 0 Å². The summed E-state index contributed by atoms with van der Waals surface area (Å²) in [5.41, 5.74) is 0.669. The van der Waals surface area contributed by atoms with Crippen LogP contribution in [0.1, 0.15) is 44.9 Å². The Labute approximate surface area is 101 Å². The zero-order chi connectivity index (χ0) is 12.7. The van der Waals surface area contributed by atoms with E-state index in [0.717, 1.165) is 25.7 Å². The van der Waals surface area contributed by atoms with Gasteiger partial charge in [-0.05, 0) is 30.9 Å². The molecule has 0 saturated heterocycles. The minimum absolute atomic E-state index is 0.0236. The molecule has 1 aliphatic carbocycles. The molecule has 0 unspecified atom stereocenters.